The highest BCUT2D eigenvalue weighted by atomic mass is 32.2. The molecule has 164 valence electrons. The van der Waals surface area contributed by atoms with Gasteiger partial charge in [-0.2, -0.15) is 5.26 Å². The van der Waals surface area contributed by atoms with Crippen LogP contribution in [0, 0.1) is 17.2 Å². The fraction of sp³-hybridized carbons (Fsp3) is 0.565. The summed E-state index contributed by atoms with van der Waals surface area (Å²) in [5, 5.41) is 13.8. The van der Waals surface area contributed by atoms with E-state index in [0.29, 0.717) is 30.5 Å². The lowest BCUT2D eigenvalue weighted by Crippen LogP contribution is -2.49. The van der Waals surface area contributed by atoms with E-state index in [-0.39, 0.29) is 17.2 Å². The largest absolute Gasteiger partial charge is 0.337 e. The third-order valence-corrected chi connectivity index (χ3v) is 8.45. The third-order valence-electron chi connectivity index (χ3n) is 6.32. The Hall–Kier alpha value is -2.11. The van der Waals surface area contributed by atoms with Crippen molar-refractivity contribution in [3.05, 3.63) is 33.4 Å². The number of amides is 1. The van der Waals surface area contributed by atoms with Crippen LogP contribution < -0.4 is 10.9 Å². The maximum Gasteiger partial charge on any atom is 0.263 e. The molecule has 4 rings (SSSR count). The number of carbonyl (C=O) groups excluding carboxylic acids is 1. The van der Waals surface area contributed by atoms with Crippen molar-refractivity contribution in [2.45, 2.75) is 75.5 Å². The molecule has 2 aliphatic carbocycles. The second-order valence-corrected chi connectivity index (χ2v) is 10.7. The first-order chi connectivity index (χ1) is 15.0. The van der Waals surface area contributed by atoms with Crippen LogP contribution in [-0.4, -0.2) is 26.8 Å². The first-order valence-electron chi connectivity index (χ1n) is 11.0. The van der Waals surface area contributed by atoms with Crippen LogP contribution in [0.15, 0.2) is 22.6 Å². The summed E-state index contributed by atoms with van der Waals surface area (Å²) in [5.74, 6) is 0.564. The van der Waals surface area contributed by atoms with Gasteiger partial charge in [-0.05, 0) is 43.6 Å². The van der Waals surface area contributed by atoms with Gasteiger partial charge in [-0.15, -0.1) is 17.9 Å². The molecule has 6 nitrogen and oxygen atoms in total. The summed E-state index contributed by atoms with van der Waals surface area (Å²) in [6, 6.07) is 2.32. The fourth-order valence-electron chi connectivity index (χ4n) is 4.66. The highest BCUT2D eigenvalue weighted by Gasteiger charge is 2.33. The molecule has 0 radical (unpaired) electrons. The van der Waals surface area contributed by atoms with Crippen LogP contribution in [-0.2, 0) is 24.2 Å². The number of thioether (sulfide) groups is 1. The van der Waals surface area contributed by atoms with E-state index < -0.39 is 5.54 Å². The molecule has 8 heteroatoms. The van der Waals surface area contributed by atoms with Gasteiger partial charge in [0, 0.05) is 11.4 Å². The molecule has 1 atom stereocenters. The number of hydrogen-bond donors (Lipinski definition) is 1. The van der Waals surface area contributed by atoms with Gasteiger partial charge in [0.25, 0.3) is 5.56 Å². The SMILES string of the molecule is C=CCn1c(SCC(=O)NC2(C#N)CCCCC2)nc2sc3c(c2c1=O)CCC(C)C3. The van der Waals surface area contributed by atoms with Crippen molar-refractivity contribution in [2.75, 3.05) is 5.75 Å². The molecule has 1 fully saturated rings. The topological polar surface area (TPSA) is 87.8 Å². The van der Waals surface area contributed by atoms with Crippen LogP contribution in [0.2, 0.25) is 0 Å². The van der Waals surface area contributed by atoms with Crippen molar-refractivity contribution in [3.8, 4) is 6.07 Å². The number of carbonyl (C=O) groups is 1. The Morgan fingerprint density at radius 1 is 1.45 bits per heavy atom. The highest BCUT2D eigenvalue weighted by molar-refractivity contribution is 7.99. The van der Waals surface area contributed by atoms with E-state index in [1.165, 1.54) is 16.6 Å². The molecule has 0 aliphatic heterocycles. The van der Waals surface area contributed by atoms with Gasteiger partial charge < -0.3 is 5.32 Å². The van der Waals surface area contributed by atoms with Crippen molar-refractivity contribution < 1.29 is 4.79 Å². The quantitative estimate of drug-likeness (QED) is 0.400. The predicted molar refractivity (Wildman–Crippen MR) is 126 cm³/mol. The van der Waals surface area contributed by atoms with Gasteiger partial charge >= 0.3 is 0 Å². The molecule has 2 aromatic rings. The van der Waals surface area contributed by atoms with Crippen molar-refractivity contribution in [1.29, 1.82) is 5.26 Å². The standard InChI is InChI=1S/C23H28N4O2S2/c1-3-11-27-21(29)19-16-8-7-15(2)12-17(16)31-20(19)25-22(27)30-13-18(28)26-23(14-24)9-5-4-6-10-23/h3,15H,1,4-13H2,2H3,(H,26,28). The number of allylic oxidation sites excluding steroid dienone is 1. The molecule has 2 aliphatic rings. The van der Waals surface area contributed by atoms with Crippen molar-refractivity contribution >= 4 is 39.2 Å². The summed E-state index contributed by atoms with van der Waals surface area (Å²) in [5.41, 5.74) is 0.369. The number of nitriles is 1. The molecule has 2 aromatic heterocycles. The van der Waals surface area contributed by atoms with E-state index >= 15 is 0 Å². The van der Waals surface area contributed by atoms with E-state index in [1.807, 2.05) is 0 Å². The number of aryl methyl sites for hydroxylation is 1. The zero-order chi connectivity index (χ0) is 22.0. The van der Waals surface area contributed by atoms with Gasteiger partial charge in [-0.3, -0.25) is 14.2 Å². The van der Waals surface area contributed by atoms with Crippen LogP contribution in [0.5, 0.6) is 0 Å². The molecule has 2 heterocycles. The predicted octanol–water partition coefficient (Wildman–Crippen LogP) is 4.20. The van der Waals surface area contributed by atoms with E-state index in [9.17, 15) is 14.9 Å². The van der Waals surface area contributed by atoms with Gasteiger partial charge in [0.15, 0.2) is 5.16 Å². The number of aromatic nitrogens is 2. The Bertz CT molecular complexity index is 1110. The molecule has 1 saturated carbocycles. The first kappa shape index (κ1) is 22.1. The maximum atomic E-state index is 13.3. The highest BCUT2D eigenvalue weighted by Crippen LogP contribution is 2.36. The molecule has 0 spiro atoms. The second-order valence-electron chi connectivity index (χ2n) is 8.72. The Kier molecular flexibility index (Phi) is 6.54. The molecule has 1 unspecified atom stereocenters. The Balaban J connectivity index is 1.59. The van der Waals surface area contributed by atoms with Crippen LogP contribution >= 0.6 is 23.1 Å². The Morgan fingerprint density at radius 2 is 2.23 bits per heavy atom. The zero-order valence-corrected chi connectivity index (χ0v) is 19.5. The van der Waals surface area contributed by atoms with E-state index in [4.69, 9.17) is 4.98 Å². The molecule has 31 heavy (non-hydrogen) atoms. The minimum atomic E-state index is -0.752. The van der Waals surface area contributed by atoms with E-state index in [1.54, 1.807) is 22.0 Å². The molecular weight excluding hydrogens is 428 g/mol. The average molecular weight is 457 g/mol. The summed E-state index contributed by atoms with van der Waals surface area (Å²) >= 11 is 2.87. The molecule has 1 N–H and O–H groups in total. The summed E-state index contributed by atoms with van der Waals surface area (Å²) < 4.78 is 1.62. The normalized spacial score (nSPS) is 20.1. The smallest absolute Gasteiger partial charge is 0.263 e. The summed E-state index contributed by atoms with van der Waals surface area (Å²) in [4.78, 5) is 32.8. The lowest BCUT2D eigenvalue weighted by atomic mass is 9.83. The number of nitrogens with zero attached hydrogens (tertiary/aromatic N) is 3. The van der Waals surface area contributed by atoms with Gasteiger partial charge in [0.05, 0.1) is 17.2 Å². The lowest BCUT2D eigenvalue weighted by Gasteiger charge is -2.31. The van der Waals surface area contributed by atoms with Crippen LogP contribution in [0.25, 0.3) is 10.2 Å². The Labute approximate surface area is 190 Å². The van der Waals surface area contributed by atoms with Crippen molar-refractivity contribution in [3.63, 3.8) is 0 Å². The molecular formula is C23H28N4O2S2. The average Bonchev–Trinajstić information content (AvgIpc) is 3.12. The van der Waals surface area contributed by atoms with Gasteiger partial charge in [0.1, 0.15) is 10.4 Å². The van der Waals surface area contributed by atoms with Crippen LogP contribution in [0.4, 0.5) is 0 Å². The fourth-order valence-corrected chi connectivity index (χ4v) is 6.89. The maximum absolute atomic E-state index is 13.3. The van der Waals surface area contributed by atoms with E-state index in [0.717, 1.165) is 54.3 Å². The summed E-state index contributed by atoms with van der Waals surface area (Å²) in [6.45, 7) is 6.39. The molecule has 1 amide bonds. The van der Waals surface area contributed by atoms with Gasteiger partial charge in [0.2, 0.25) is 5.91 Å². The number of hydrogen-bond acceptors (Lipinski definition) is 6. The summed E-state index contributed by atoms with van der Waals surface area (Å²) in [7, 11) is 0. The number of nitrogens with one attached hydrogen (secondary N) is 1. The minimum Gasteiger partial charge on any atom is -0.337 e. The van der Waals surface area contributed by atoms with Gasteiger partial charge in [-0.25, -0.2) is 4.98 Å². The first-order valence-corrected chi connectivity index (χ1v) is 12.8. The van der Waals surface area contributed by atoms with Gasteiger partial charge in [-0.1, -0.05) is 44.0 Å². The monoisotopic (exact) mass is 456 g/mol. The molecule has 0 saturated heterocycles. The molecule has 0 aromatic carbocycles. The van der Waals surface area contributed by atoms with E-state index in [2.05, 4.69) is 24.9 Å². The minimum absolute atomic E-state index is 0.0411. The summed E-state index contributed by atoms with van der Waals surface area (Å²) in [6.07, 6.45) is 9.12. The lowest BCUT2D eigenvalue weighted by molar-refractivity contribution is -0.120. The van der Waals surface area contributed by atoms with Crippen molar-refractivity contribution in [1.82, 2.24) is 14.9 Å². The Morgan fingerprint density at radius 3 is 2.94 bits per heavy atom. The second kappa shape index (κ2) is 9.17. The number of fused-ring (bicyclic) bond motifs is 3. The number of rotatable bonds is 6. The molecule has 0 bridgehead atoms. The van der Waals surface area contributed by atoms with Crippen LogP contribution in [0.3, 0.4) is 0 Å². The number of thiophene rings is 1. The van der Waals surface area contributed by atoms with Crippen LogP contribution in [0.1, 0.15) is 55.9 Å². The van der Waals surface area contributed by atoms with Crippen molar-refractivity contribution in [2.24, 2.45) is 5.92 Å². The third kappa shape index (κ3) is 4.44. The zero-order valence-electron chi connectivity index (χ0n) is 17.9.